The maximum absolute atomic E-state index is 13.1. The van der Waals surface area contributed by atoms with Crippen molar-refractivity contribution in [3.8, 4) is 11.3 Å². The van der Waals surface area contributed by atoms with Crippen LogP contribution < -0.4 is 4.90 Å². The summed E-state index contributed by atoms with van der Waals surface area (Å²) in [5.74, 6) is 0.440. The van der Waals surface area contributed by atoms with E-state index in [1.54, 1.807) is 18.3 Å². The Morgan fingerprint density at radius 3 is 2.43 bits per heavy atom. The lowest BCUT2D eigenvalue weighted by atomic mass is 10.0. The number of hydrogen-bond acceptors (Lipinski definition) is 4. The molecule has 28 heavy (non-hydrogen) atoms. The third kappa shape index (κ3) is 4.06. The Labute approximate surface area is 163 Å². The fourth-order valence-electron chi connectivity index (χ4n) is 3.53. The Kier molecular flexibility index (Phi) is 5.37. The van der Waals surface area contributed by atoms with Crippen LogP contribution in [0.4, 0.5) is 10.1 Å². The second kappa shape index (κ2) is 8.25. The topological polar surface area (TPSA) is 49.6 Å². The SMILES string of the molecule is O=C(CCc1cnoc1-c1ccc(F)cc1)N1CCN(c2ccccc2)CC1. The molecule has 0 spiro atoms. The van der Waals surface area contributed by atoms with E-state index in [0.717, 1.165) is 37.3 Å². The summed E-state index contributed by atoms with van der Waals surface area (Å²) in [6.45, 7) is 3.12. The molecule has 2 heterocycles. The van der Waals surface area contributed by atoms with E-state index in [2.05, 4.69) is 22.2 Å². The minimum absolute atomic E-state index is 0.138. The number of carbonyl (C=O) groups is 1. The quantitative estimate of drug-likeness (QED) is 0.677. The molecule has 0 N–H and O–H groups in total. The number of carbonyl (C=O) groups excluding carboxylic acids is 1. The van der Waals surface area contributed by atoms with E-state index in [9.17, 15) is 9.18 Å². The lowest BCUT2D eigenvalue weighted by molar-refractivity contribution is -0.131. The number of rotatable bonds is 5. The molecule has 1 fully saturated rings. The lowest BCUT2D eigenvalue weighted by Crippen LogP contribution is -2.48. The summed E-state index contributed by atoms with van der Waals surface area (Å²) < 4.78 is 18.5. The number of amides is 1. The zero-order chi connectivity index (χ0) is 19.3. The van der Waals surface area contributed by atoms with Crippen LogP contribution in [0, 0.1) is 5.82 Å². The van der Waals surface area contributed by atoms with E-state index in [1.807, 2.05) is 23.1 Å². The minimum atomic E-state index is -0.297. The predicted molar refractivity (Wildman–Crippen MR) is 105 cm³/mol. The van der Waals surface area contributed by atoms with Gasteiger partial charge in [0.15, 0.2) is 5.76 Å². The van der Waals surface area contributed by atoms with Crippen LogP contribution in [-0.4, -0.2) is 42.1 Å². The van der Waals surface area contributed by atoms with Crippen LogP contribution >= 0.6 is 0 Å². The van der Waals surface area contributed by atoms with Gasteiger partial charge in [-0.2, -0.15) is 0 Å². The van der Waals surface area contributed by atoms with Crippen LogP contribution in [0.5, 0.6) is 0 Å². The molecule has 2 aromatic carbocycles. The Bertz CT molecular complexity index is 916. The first kappa shape index (κ1) is 18.2. The fraction of sp³-hybridized carbons (Fsp3) is 0.273. The first-order valence-electron chi connectivity index (χ1n) is 9.48. The summed E-state index contributed by atoms with van der Waals surface area (Å²) in [7, 11) is 0. The standard InChI is InChI=1S/C22H22FN3O2/c23-19-9-6-17(7-10-19)22-18(16-24-28-22)8-11-21(27)26-14-12-25(13-15-26)20-4-2-1-3-5-20/h1-7,9-10,16H,8,11-15H2. The van der Waals surface area contributed by atoms with Gasteiger partial charge in [0.05, 0.1) is 6.20 Å². The van der Waals surface area contributed by atoms with Crippen molar-refractivity contribution in [3.05, 3.63) is 72.2 Å². The molecule has 0 bridgehead atoms. The molecule has 0 saturated carbocycles. The van der Waals surface area contributed by atoms with Gasteiger partial charge in [-0.1, -0.05) is 23.4 Å². The lowest BCUT2D eigenvalue weighted by Gasteiger charge is -2.36. The smallest absolute Gasteiger partial charge is 0.223 e. The van der Waals surface area contributed by atoms with Crippen LogP contribution in [0.15, 0.2) is 65.3 Å². The van der Waals surface area contributed by atoms with Crippen LogP contribution in [0.1, 0.15) is 12.0 Å². The molecule has 1 saturated heterocycles. The van der Waals surface area contributed by atoms with E-state index in [1.165, 1.54) is 17.8 Å². The summed E-state index contributed by atoms with van der Waals surface area (Å²) in [6.07, 6.45) is 2.59. The molecule has 5 nitrogen and oxygen atoms in total. The van der Waals surface area contributed by atoms with Crippen molar-refractivity contribution in [1.29, 1.82) is 0 Å². The van der Waals surface area contributed by atoms with Crippen molar-refractivity contribution >= 4 is 11.6 Å². The summed E-state index contributed by atoms with van der Waals surface area (Å²) in [5, 5.41) is 3.85. The minimum Gasteiger partial charge on any atom is -0.368 e. The first-order valence-corrected chi connectivity index (χ1v) is 9.48. The molecule has 1 aliphatic heterocycles. The van der Waals surface area contributed by atoms with Gasteiger partial charge in [0.2, 0.25) is 5.91 Å². The third-order valence-corrected chi connectivity index (χ3v) is 5.11. The zero-order valence-electron chi connectivity index (χ0n) is 15.6. The fourth-order valence-corrected chi connectivity index (χ4v) is 3.53. The van der Waals surface area contributed by atoms with Crippen LogP contribution in [0.3, 0.4) is 0 Å². The number of para-hydroxylation sites is 1. The second-order valence-electron chi connectivity index (χ2n) is 6.89. The van der Waals surface area contributed by atoms with Crippen LogP contribution in [0.25, 0.3) is 11.3 Å². The maximum atomic E-state index is 13.1. The Morgan fingerprint density at radius 1 is 1.00 bits per heavy atom. The highest BCUT2D eigenvalue weighted by molar-refractivity contribution is 5.77. The molecule has 0 radical (unpaired) electrons. The first-order chi connectivity index (χ1) is 13.7. The highest BCUT2D eigenvalue weighted by Crippen LogP contribution is 2.25. The van der Waals surface area contributed by atoms with Gasteiger partial charge in [-0.15, -0.1) is 0 Å². The van der Waals surface area contributed by atoms with E-state index in [-0.39, 0.29) is 11.7 Å². The number of benzene rings is 2. The summed E-state index contributed by atoms with van der Waals surface area (Å²) >= 11 is 0. The largest absolute Gasteiger partial charge is 0.368 e. The van der Waals surface area contributed by atoms with Crippen LogP contribution in [0.2, 0.25) is 0 Å². The van der Waals surface area contributed by atoms with Crippen molar-refractivity contribution in [2.24, 2.45) is 0 Å². The summed E-state index contributed by atoms with van der Waals surface area (Å²) in [5.41, 5.74) is 2.82. The van der Waals surface area contributed by atoms with Crippen molar-refractivity contribution in [2.45, 2.75) is 12.8 Å². The number of halogens is 1. The number of piperazine rings is 1. The molecule has 3 aromatic rings. The van der Waals surface area contributed by atoms with Gasteiger partial charge >= 0.3 is 0 Å². The number of nitrogens with zero attached hydrogens (tertiary/aromatic N) is 3. The zero-order valence-corrected chi connectivity index (χ0v) is 15.6. The third-order valence-electron chi connectivity index (χ3n) is 5.11. The maximum Gasteiger partial charge on any atom is 0.223 e. The Balaban J connectivity index is 1.32. The highest BCUT2D eigenvalue weighted by Gasteiger charge is 2.22. The molecule has 0 unspecified atom stereocenters. The molecular formula is C22H22FN3O2. The number of aromatic nitrogens is 1. The van der Waals surface area contributed by atoms with Gasteiger partial charge in [0.25, 0.3) is 0 Å². The van der Waals surface area contributed by atoms with Crippen molar-refractivity contribution in [3.63, 3.8) is 0 Å². The van der Waals surface area contributed by atoms with E-state index >= 15 is 0 Å². The molecule has 4 rings (SSSR count). The van der Waals surface area contributed by atoms with E-state index in [4.69, 9.17) is 4.52 Å². The number of hydrogen-bond donors (Lipinski definition) is 0. The molecule has 1 aliphatic rings. The molecular weight excluding hydrogens is 357 g/mol. The van der Waals surface area contributed by atoms with E-state index in [0.29, 0.717) is 18.6 Å². The van der Waals surface area contributed by atoms with Gasteiger partial charge in [-0.25, -0.2) is 4.39 Å². The van der Waals surface area contributed by atoms with Gasteiger partial charge in [-0.3, -0.25) is 4.79 Å². The average Bonchev–Trinajstić information content (AvgIpc) is 3.22. The van der Waals surface area contributed by atoms with Crippen molar-refractivity contribution < 1.29 is 13.7 Å². The van der Waals surface area contributed by atoms with Gasteiger partial charge in [0.1, 0.15) is 5.82 Å². The van der Waals surface area contributed by atoms with E-state index < -0.39 is 0 Å². The highest BCUT2D eigenvalue weighted by atomic mass is 19.1. The summed E-state index contributed by atoms with van der Waals surface area (Å²) in [4.78, 5) is 16.9. The summed E-state index contributed by atoms with van der Waals surface area (Å²) in [6, 6.07) is 16.4. The van der Waals surface area contributed by atoms with Gasteiger partial charge in [0, 0.05) is 49.4 Å². The Morgan fingerprint density at radius 2 is 1.71 bits per heavy atom. The molecule has 0 atom stereocenters. The molecule has 144 valence electrons. The average molecular weight is 379 g/mol. The molecule has 1 amide bonds. The van der Waals surface area contributed by atoms with Gasteiger partial charge in [-0.05, 0) is 42.8 Å². The number of anilines is 1. The normalized spacial score (nSPS) is 14.3. The van der Waals surface area contributed by atoms with Crippen molar-refractivity contribution in [1.82, 2.24) is 10.1 Å². The molecule has 1 aromatic heterocycles. The molecule has 6 heteroatoms. The Hall–Kier alpha value is -3.15. The van der Waals surface area contributed by atoms with Gasteiger partial charge < -0.3 is 14.3 Å². The second-order valence-corrected chi connectivity index (χ2v) is 6.89. The van der Waals surface area contributed by atoms with Crippen LogP contribution in [-0.2, 0) is 11.2 Å². The predicted octanol–water partition coefficient (Wildman–Crippen LogP) is 3.76. The van der Waals surface area contributed by atoms with Crippen molar-refractivity contribution in [2.75, 3.05) is 31.1 Å². The monoisotopic (exact) mass is 379 g/mol. The number of aryl methyl sites for hydroxylation is 1. The molecule has 0 aliphatic carbocycles.